The van der Waals surface area contributed by atoms with E-state index in [-0.39, 0.29) is 30.6 Å². The highest BCUT2D eigenvalue weighted by molar-refractivity contribution is 6.05. The van der Waals surface area contributed by atoms with Gasteiger partial charge in [0.05, 0.1) is 23.3 Å². The molecule has 4 rings (SSSR count). The van der Waals surface area contributed by atoms with Crippen molar-refractivity contribution in [3.8, 4) is 5.75 Å². The zero-order valence-electron chi connectivity index (χ0n) is 18.2. The fourth-order valence-electron chi connectivity index (χ4n) is 4.16. The smallest absolute Gasteiger partial charge is 0.406 e. The van der Waals surface area contributed by atoms with Crippen LogP contribution >= 0.6 is 0 Å². The number of Topliss-reactive ketones (excluding diaryl/α,β-unsaturated/α-hetero) is 1. The predicted molar refractivity (Wildman–Crippen MR) is 119 cm³/mol. The Morgan fingerprint density at radius 3 is 2.60 bits per heavy atom. The SMILES string of the molecule is NC(=O)n1cc(NC(=O)N2C[C@H](O)C[C@H]2C(=O)Cc2cccc(OC(F)(F)F)c2)c2ccccc21. The monoisotopic (exact) mass is 490 g/mol. The molecule has 0 bridgehead atoms. The van der Waals surface area contributed by atoms with Gasteiger partial charge < -0.3 is 25.8 Å². The van der Waals surface area contributed by atoms with Crippen molar-refractivity contribution in [1.82, 2.24) is 9.47 Å². The summed E-state index contributed by atoms with van der Waals surface area (Å²) < 4.78 is 42.5. The number of aromatic nitrogens is 1. The average Bonchev–Trinajstić information content (AvgIpc) is 3.34. The number of ketones is 1. The predicted octanol–water partition coefficient (Wildman–Crippen LogP) is 3.25. The number of nitrogens with two attached hydrogens (primary N) is 1. The summed E-state index contributed by atoms with van der Waals surface area (Å²) in [6, 6.07) is 9.33. The van der Waals surface area contributed by atoms with Gasteiger partial charge in [0.15, 0.2) is 5.78 Å². The molecular formula is C23H21F3N4O5. The standard InChI is InChI=1S/C23H21F3N4O5/c24-23(25,26)35-15-5-3-4-13(8-15)9-20(32)19-10-14(31)11-30(19)22(34)28-17-12-29(21(27)33)18-7-2-1-6-16(17)18/h1-8,12,14,19,31H,9-11H2,(H2,27,33)(H,28,34)/t14-,19+/m1/s1. The number of anilines is 1. The van der Waals surface area contributed by atoms with E-state index >= 15 is 0 Å². The zero-order chi connectivity index (χ0) is 25.3. The maximum atomic E-state index is 13.0. The van der Waals surface area contributed by atoms with Crippen molar-refractivity contribution in [2.24, 2.45) is 5.73 Å². The Morgan fingerprint density at radius 2 is 1.89 bits per heavy atom. The molecule has 0 radical (unpaired) electrons. The van der Waals surface area contributed by atoms with Crippen LogP contribution < -0.4 is 15.8 Å². The number of urea groups is 1. The fourth-order valence-corrected chi connectivity index (χ4v) is 4.16. The van der Waals surface area contributed by atoms with Crippen molar-refractivity contribution in [3.63, 3.8) is 0 Å². The molecule has 0 spiro atoms. The molecule has 0 aliphatic carbocycles. The molecule has 1 fully saturated rings. The number of primary amides is 1. The van der Waals surface area contributed by atoms with Crippen LogP contribution in [0.4, 0.5) is 28.4 Å². The van der Waals surface area contributed by atoms with Gasteiger partial charge in [-0.1, -0.05) is 30.3 Å². The number of β-amino-alcohol motifs (C(OH)–C–C–N with tert-alkyl or cyclic N) is 1. The zero-order valence-corrected chi connectivity index (χ0v) is 18.2. The number of amides is 3. The van der Waals surface area contributed by atoms with E-state index in [9.17, 15) is 32.7 Å². The van der Waals surface area contributed by atoms with Gasteiger partial charge >= 0.3 is 18.4 Å². The molecule has 184 valence electrons. The number of para-hydroxylation sites is 1. The molecule has 1 aliphatic rings. The molecule has 12 heteroatoms. The second-order valence-electron chi connectivity index (χ2n) is 8.09. The highest BCUT2D eigenvalue weighted by Crippen LogP contribution is 2.28. The van der Waals surface area contributed by atoms with Gasteiger partial charge in [-0.2, -0.15) is 0 Å². The molecule has 0 unspecified atom stereocenters. The van der Waals surface area contributed by atoms with E-state index in [1.165, 1.54) is 27.8 Å². The molecule has 2 aromatic carbocycles. The molecule has 2 heterocycles. The molecule has 1 saturated heterocycles. The van der Waals surface area contributed by atoms with E-state index in [0.717, 1.165) is 12.1 Å². The summed E-state index contributed by atoms with van der Waals surface area (Å²) in [6.45, 7) is -0.117. The maximum absolute atomic E-state index is 13.0. The van der Waals surface area contributed by atoms with Crippen LogP contribution in [0, 0.1) is 0 Å². The minimum atomic E-state index is -4.87. The van der Waals surface area contributed by atoms with Gasteiger partial charge in [-0.05, 0) is 23.8 Å². The lowest BCUT2D eigenvalue weighted by molar-refractivity contribution is -0.274. The fraction of sp³-hybridized carbons (Fsp3) is 0.261. The van der Waals surface area contributed by atoms with Gasteiger partial charge in [0, 0.05) is 31.0 Å². The number of rotatable bonds is 5. The van der Waals surface area contributed by atoms with Crippen LogP contribution in [0.15, 0.2) is 54.7 Å². The van der Waals surface area contributed by atoms with Crippen molar-refractivity contribution >= 4 is 34.4 Å². The Morgan fingerprint density at radius 1 is 1.14 bits per heavy atom. The highest BCUT2D eigenvalue weighted by atomic mass is 19.4. The molecule has 1 aromatic heterocycles. The molecule has 2 atom stereocenters. The van der Waals surface area contributed by atoms with Crippen molar-refractivity contribution in [2.75, 3.05) is 11.9 Å². The van der Waals surface area contributed by atoms with Gasteiger partial charge in [-0.3, -0.25) is 9.36 Å². The van der Waals surface area contributed by atoms with Gasteiger partial charge in [0.2, 0.25) is 0 Å². The quantitative estimate of drug-likeness (QED) is 0.506. The van der Waals surface area contributed by atoms with Gasteiger partial charge in [-0.25, -0.2) is 9.59 Å². The summed E-state index contributed by atoms with van der Waals surface area (Å²) in [5.41, 5.74) is 6.43. The first-order valence-corrected chi connectivity index (χ1v) is 10.5. The Hall–Kier alpha value is -4.06. The van der Waals surface area contributed by atoms with Gasteiger partial charge in [-0.15, -0.1) is 13.2 Å². The Bertz CT molecular complexity index is 1290. The summed E-state index contributed by atoms with van der Waals surface area (Å²) in [6.07, 6.45) is -4.75. The number of carbonyl (C=O) groups excluding carboxylic acids is 3. The molecule has 1 aliphatic heterocycles. The number of alkyl halides is 3. The lowest BCUT2D eigenvalue weighted by Crippen LogP contribution is -2.43. The second kappa shape index (κ2) is 9.29. The van der Waals surface area contributed by atoms with E-state index in [0.29, 0.717) is 10.9 Å². The number of aliphatic hydroxyl groups is 1. The number of halogens is 3. The van der Waals surface area contributed by atoms with E-state index < -0.39 is 42.1 Å². The van der Waals surface area contributed by atoms with Crippen molar-refractivity contribution in [3.05, 3.63) is 60.3 Å². The third kappa shape index (κ3) is 5.38. The minimum absolute atomic E-state index is 0.0198. The summed E-state index contributed by atoms with van der Waals surface area (Å²) in [7, 11) is 0. The summed E-state index contributed by atoms with van der Waals surface area (Å²) in [5, 5.41) is 13.3. The summed E-state index contributed by atoms with van der Waals surface area (Å²) in [4.78, 5) is 38.9. The molecule has 3 aromatic rings. The number of carbonyl (C=O) groups is 3. The van der Waals surface area contributed by atoms with Crippen molar-refractivity contribution in [2.45, 2.75) is 31.3 Å². The molecule has 9 nitrogen and oxygen atoms in total. The number of fused-ring (bicyclic) bond motifs is 1. The lowest BCUT2D eigenvalue weighted by atomic mass is 10.0. The lowest BCUT2D eigenvalue weighted by Gasteiger charge is -2.23. The maximum Gasteiger partial charge on any atom is 0.573 e. The van der Waals surface area contributed by atoms with Crippen LogP contribution in [0.2, 0.25) is 0 Å². The molecule has 3 amide bonds. The van der Waals surface area contributed by atoms with Gasteiger partial charge in [0.1, 0.15) is 5.75 Å². The third-order valence-electron chi connectivity index (χ3n) is 5.61. The number of aliphatic hydroxyl groups excluding tert-OH is 1. The van der Waals surface area contributed by atoms with E-state index in [4.69, 9.17) is 5.73 Å². The third-order valence-corrected chi connectivity index (χ3v) is 5.61. The molecule has 35 heavy (non-hydrogen) atoms. The van der Waals surface area contributed by atoms with Crippen LogP contribution in [0.25, 0.3) is 10.9 Å². The van der Waals surface area contributed by atoms with E-state index in [1.807, 2.05) is 0 Å². The number of ether oxygens (including phenoxy) is 1. The topological polar surface area (TPSA) is 127 Å². The summed E-state index contributed by atoms with van der Waals surface area (Å²) >= 11 is 0. The molecule has 4 N–H and O–H groups in total. The largest absolute Gasteiger partial charge is 0.573 e. The Labute approximate surface area is 196 Å². The number of likely N-dealkylation sites (tertiary alicyclic amines) is 1. The number of nitrogens with one attached hydrogen (secondary N) is 1. The van der Waals surface area contributed by atoms with Gasteiger partial charge in [0.25, 0.3) is 0 Å². The molecular weight excluding hydrogens is 469 g/mol. The average molecular weight is 490 g/mol. The number of hydrogen-bond donors (Lipinski definition) is 3. The first-order valence-electron chi connectivity index (χ1n) is 10.5. The second-order valence-corrected chi connectivity index (χ2v) is 8.09. The Kier molecular flexibility index (Phi) is 6.39. The van der Waals surface area contributed by atoms with E-state index in [1.54, 1.807) is 24.3 Å². The van der Waals surface area contributed by atoms with Crippen LogP contribution in [-0.4, -0.2) is 57.5 Å². The van der Waals surface area contributed by atoms with Crippen LogP contribution in [0.5, 0.6) is 5.75 Å². The van der Waals surface area contributed by atoms with Crippen molar-refractivity contribution in [1.29, 1.82) is 0 Å². The van der Waals surface area contributed by atoms with Crippen LogP contribution in [0.3, 0.4) is 0 Å². The minimum Gasteiger partial charge on any atom is -0.406 e. The van der Waals surface area contributed by atoms with Crippen LogP contribution in [0.1, 0.15) is 12.0 Å². The number of nitrogens with zero attached hydrogens (tertiary/aromatic N) is 2. The normalized spacial score (nSPS) is 18.0. The molecule has 0 saturated carbocycles. The first kappa shape index (κ1) is 24.1. The van der Waals surface area contributed by atoms with Crippen molar-refractivity contribution < 1.29 is 37.4 Å². The summed E-state index contributed by atoms with van der Waals surface area (Å²) in [5.74, 6) is -0.921. The first-order chi connectivity index (χ1) is 16.5. The highest BCUT2D eigenvalue weighted by Gasteiger charge is 2.39. The van der Waals surface area contributed by atoms with E-state index in [2.05, 4.69) is 10.1 Å². The van der Waals surface area contributed by atoms with Crippen LogP contribution in [-0.2, 0) is 11.2 Å². The number of benzene rings is 2. The Balaban J connectivity index is 1.51. The number of hydrogen-bond acceptors (Lipinski definition) is 5.